The summed E-state index contributed by atoms with van der Waals surface area (Å²) in [4.78, 5) is 59.0. The van der Waals surface area contributed by atoms with Gasteiger partial charge in [-0.25, -0.2) is 0 Å². The van der Waals surface area contributed by atoms with Crippen LogP contribution in [0, 0.1) is 11.8 Å². The number of nitrogens with one attached hydrogen (secondary N) is 1. The average molecular weight is 461 g/mol. The first-order chi connectivity index (χ1) is 15.9. The van der Waals surface area contributed by atoms with Crippen LogP contribution in [0.2, 0.25) is 0 Å². The van der Waals surface area contributed by atoms with E-state index in [2.05, 4.69) is 5.32 Å². The third-order valence-electron chi connectivity index (χ3n) is 5.64. The summed E-state index contributed by atoms with van der Waals surface area (Å²) in [5, 5.41) is 10.8. The zero-order chi connectivity index (χ0) is 23.8. The molecule has 1 aromatic carbocycles. The van der Waals surface area contributed by atoms with Crippen molar-refractivity contribution in [2.75, 3.05) is 33.0 Å². The summed E-state index contributed by atoms with van der Waals surface area (Å²) in [6.45, 7) is 1.22. The Kier molecular flexibility index (Phi) is 8.67. The highest BCUT2D eigenvalue weighted by Crippen LogP contribution is 2.33. The Bertz CT molecular complexity index is 927. The van der Waals surface area contributed by atoms with Crippen LogP contribution < -0.4 is 10.1 Å². The standard InChI is InChI=1S/C23H27NO9/c25-19-6-2-14(23(30)24-19)1-4-17-21(28)16-5-3-15(13-18(16)22(17)29)33-12-11-32-10-9-31-8-7-20(26)27/h3,5,13-14,17H,1-2,4,6-12H2,(H,26,27)(H,24,25,30). The Morgan fingerprint density at radius 1 is 0.939 bits per heavy atom. The first-order valence-corrected chi connectivity index (χ1v) is 10.9. The minimum atomic E-state index is -0.917. The lowest BCUT2D eigenvalue weighted by molar-refractivity contribution is -0.139. The fourth-order valence-electron chi connectivity index (χ4n) is 3.87. The predicted octanol–water partition coefficient (Wildman–Crippen LogP) is 1.40. The molecule has 2 unspecified atom stereocenters. The van der Waals surface area contributed by atoms with E-state index in [4.69, 9.17) is 19.3 Å². The van der Waals surface area contributed by atoms with Crippen LogP contribution in [0.15, 0.2) is 18.2 Å². The summed E-state index contributed by atoms with van der Waals surface area (Å²) in [7, 11) is 0. The molecule has 178 valence electrons. The molecule has 2 amide bonds. The molecule has 10 heteroatoms. The van der Waals surface area contributed by atoms with E-state index >= 15 is 0 Å². The molecule has 2 N–H and O–H groups in total. The van der Waals surface area contributed by atoms with E-state index < -0.39 is 11.9 Å². The van der Waals surface area contributed by atoms with Crippen LogP contribution in [0.5, 0.6) is 5.75 Å². The first-order valence-electron chi connectivity index (χ1n) is 10.9. The number of ketones is 2. The van der Waals surface area contributed by atoms with Gasteiger partial charge in [0, 0.05) is 23.5 Å². The number of aliphatic carboxylic acids is 1. The molecule has 2 aliphatic rings. The van der Waals surface area contributed by atoms with Gasteiger partial charge in [-0.15, -0.1) is 0 Å². The fourth-order valence-corrected chi connectivity index (χ4v) is 3.87. The summed E-state index contributed by atoms with van der Waals surface area (Å²) >= 11 is 0. The molecule has 0 spiro atoms. The van der Waals surface area contributed by atoms with Gasteiger partial charge in [0.2, 0.25) is 11.8 Å². The van der Waals surface area contributed by atoms with Crippen LogP contribution in [-0.2, 0) is 23.9 Å². The molecule has 1 heterocycles. The van der Waals surface area contributed by atoms with Crippen molar-refractivity contribution >= 4 is 29.4 Å². The van der Waals surface area contributed by atoms with Crippen LogP contribution in [0.1, 0.15) is 52.8 Å². The molecule has 1 aromatic rings. The second kappa shape index (κ2) is 11.7. The average Bonchev–Trinajstić information content (AvgIpc) is 3.01. The maximum absolute atomic E-state index is 12.8. The van der Waals surface area contributed by atoms with Crippen LogP contribution in [0.4, 0.5) is 0 Å². The molecule has 1 aliphatic heterocycles. The summed E-state index contributed by atoms with van der Waals surface area (Å²) < 4.78 is 16.0. The van der Waals surface area contributed by atoms with E-state index in [9.17, 15) is 24.0 Å². The largest absolute Gasteiger partial charge is 0.491 e. The second-order valence-electron chi connectivity index (χ2n) is 7.93. The van der Waals surface area contributed by atoms with Gasteiger partial charge in [-0.2, -0.15) is 0 Å². The smallest absolute Gasteiger partial charge is 0.305 e. The van der Waals surface area contributed by atoms with Crippen molar-refractivity contribution in [3.8, 4) is 5.75 Å². The number of hydrogen-bond donors (Lipinski definition) is 2. The third kappa shape index (κ3) is 6.69. The van der Waals surface area contributed by atoms with Gasteiger partial charge in [-0.3, -0.25) is 29.3 Å². The first kappa shape index (κ1) is 24.5. The van der Waals surface area contributed by atoms with Gasteiger partial charge in [-0.1, -0.05) is 0 Å². The molecule has 33 heavy (non-hydrogen) atoms. The zero-order valence-electron chi connectivity index (χ0n) is 18.2. The number of carbonyl (C=O) groups excluding carboxylic acids is 4. The summed E-state index contributed by atoms with van der Waals surface area (Å²) in [6, 6.07) is 4.76. The molecular formula is C23H27NO9. The summed E-state index contributed by atoms with van der Waals surface area (Å²) in [6.07, 6.45) is 1.28. The molecule has 10 nitrogen and oxygen atoms in total. The van der Waals surface area contributed by atoms with Gasteiger partial charge >= 0.3 is 5.97 Å². The number of carbonyl (C=O) groups is 5. The Morgan fingerprint density at radius 2 is 1.64 bits per heavy atom. The number of Topliss-reactive ketones (excluding diaryl/α,β-unsaturated/α-hetero) is 2. The summed E-state index contributed by atoms with van der Waals surface area (Å²) in [5.74, 6) is -2.81. The highest BCUT2D eigenvalue weighted by Gasteiger charge is 2.39. The Labute approximate surface area is 190 Å². The maximum Gasteiger partial charge on any atom is 0.305 e. The Hall–Kier alpha value is -3.11. The molecule has 3 rings (SSSR count). The lowest BCUT2D eigenvalue weighted by Crippen LogP contribution is -2.40. The van der Waals surface area contributed by atoms with Crippen molar-refractivity contribution < 1.29 is 43.3 Å². The molecule has 0 saturated carbocycles. The van der Waals surface area contributed by atoms with E-state index in [1.165, 1.54) is 0 Å². The van der Waals surface area contributed by atoms with Crippen LogP contribution in [0.3, 0.4) is 0 Å². The molecule has 1 aliphatic carbocycles. The number of hydrogen-bond acceptors (Lipinski definition) is 8. The van der Waals surface area contributed by atoms with Crippen molar-refractivity contribution in [1.82, 2.24) is 5.32 Å². The van der Waals surface area contributed by atoms with Crippen LogP contribution >= 0.6 is 0 Å². The number of fused-ring (bicyclic) bond motifs is 1. The van der Waals surface area contributed by atoms with E-state index in [-0.39, 0.29) is 75.0 Å². The zero-order valence-corrected chi connectivity index (χ0v) is 18.2. The summed E-state index contributed by atoms with van der Waals surface area (Å²) in [5.41, 5.74) is 0.675. The van der Waals surface area contributed by atoms with Crippen molar-refractivity contribution in [2.24, 2.45) is 11.8 Å². The third-order valence-corrected chi connectivity index (χ3v) is 5.64. The second-order valence-corrected chi connectivity index (χ2v) is 7.93. The molecule has 0 aromatic heterocycles. The van der Waals surface area contributed by atoms with Gasteiger partial charge < -0.3 is 19.3 Å². The lowest BCUT2D eigenvalue weighted by atomic mass is 9.88. The number of imide groups is 1. The van der Waals surface area contributed by atoms with Gasteiger partial charge in [-0.05, 0) is 37.5 Å². The van der Waals surface area contributed by atoms with Gasteiger partial charge in [0.25, 0.3) is 0 Å². The number of carboxylic acid groups (broad SMARTS) is 1. The van der Waals surface area contributed by atoms with Crippen molar-refractivity contribution in [3.05, 3.63) is 29.3 Å². The molecule has 0 bridgehead atoms. The molecule has 2 atom stereocenters. The maximum atomic E-state index is 12.8. The van der Waals surface area contributed by atoms with Gasteiger partial charge in [0.15, 0.2) is 11.6 Å². The molecule has 1 fully saturated rings. The van der Waals surface area contributed by atoms with Crippen molar-refractivity contribution in [2.45, 2.75) is 32.1 Å². The predicted molar refractivity (Wildman–Crippen MR) is 113 cm³/mol. The van der Waals surface area contributed by atoms with Gasteiger partial charge in [0.05, 0.1) is 38.8 Å². The Balaban J connectivity index is 1.42. The highest BCUT2D eigenvalue weighted by atomic mass is 16.5. The monoisotopic (exact) mass is 461 g/mol. The molecular weight excluding hydrogens is 434 g/mol. The Morgan fingerprint density at radius 3 is 2.36 bits per heavy atom. The number of benzene rings is 1. The van der Waals surface area contributed by atoms with Crippen LogP contribution in [0.25, 0.3) is 0 Å². The van der Waals surface area contributed by atoms with Crippen molar-refractivity contribution in [1.29, 1.82) is 0 Å². The highest BCUT2D eigenvalue weighted by molar-refractivity contribution is 6.26. The van der Waals surface area contributed by atoms with E-state index in [0.717, 1.165) is 0 Å². The molecule has 0 radical (unpaired) electrons. The minimum Gasteiger partial charge on any atom is -0.491 e. The normalized spacial score (nSPS) is 20.0. The van der Waals surface area contributed by atoms with Gasteiger partial charge in [0.1, 0.15) is 12.4 Å². The molecule has 1 saturated heterocycles. The number of rotatable bonds is 13. The SMILES string of the molecule is O=C(O)CCOCCOCCOc1ccc2c(c1)C(=O)C(CCC1CCC(=O)NC1=O)C2=O. The fraction of sp³-hybridized carbons (Fsp3) is 0.522. The van der Waals surface area contributed by atoms with E-state index in [1.54, 1.807) is 18.2 Å². The van der Waals surface area contributed by atoms with E-state index in [1.807, 2.05) is 0 Å². The quantitative estimate of drug-likeness (QED) is 0.253. The van der Waals surface area contributed by atoms with Crippen LogP contribution in [-0.4, -0.2) is 67.5 Å². The number of carboxylic acids is 1. The topological polar surface area (TPSA) is 145 Å². The lowest BCUT2D eigenvalue weighted by Gasteiger charge is -2.21. The van der Waals surface area contributed by atoms with Crippen molar-refractivity contribution in [3.63, 3.8) is 0 Å². The number of amides is 2. The minimum absolute atomic E-state index is 0.0551. The van der Waals surface area contributed by atoms with E-state index in [0.29, 0.717) is 36.3 Å². The number of ether oxygens (including phenoxy) is 3. The number of piperidine rings is 1.